The molecule has 4 rings (SSSR count). The van der Waals surface area contributed by atoms with E-state index in [-0.39, 0.29) is 36.1 Å². The van der Waals surface area contributed by atoms with Gasteiger partial charge in [0.15, 0.2) is 0 Å². The van der Waals surface area contributed by atoms with Crippen LogP contribution in [0.4, 0.5) is 0 Å². The quantitative estimate of drug-likeness (QED) is 0.721. The summed E-state index contributed by atoms with van der Waals surface area (Å²) in [5.74, 6) is 0.0296. The highest BCUT2D eigenvalue weighted by Gasteiger charge is 2.42. The average Bonchev–Trinajstić information content (AvgIpc) is 3.36. The molecule has 2 aromatic rings. The number of benzene rings is 2. The third-order valence-corrected chi connectivity index (χ3v) is 7.91. The molecular weight excluding hydrogens is 431 g/mol. The summed E-state index contributed by atoms with van der Waals surface area (Å²) in [6, 6.07) is 14.0. The molecule has 0 unspecified atom stereocenters. The van der Waals surface area contributed by atoms with E-state index < -0.39 is 10.0 Å². The van der Waals surface area contributed by atoms with Gasteiger partial charge in [-0.05, 0) is 42.5 Å². The number of amides is 1. The molecule has 8 heteroatoms. The molecule has 1 saturated carbocycles. The van der Waals surface area contributed by atoms with Crippen molar-refractivity contribution in [3.8, 4) is 0 Å². The van der Waals surface area contributed by atoms with Crippen molar-refractivity contribution in [2.45, 2.75) is 24.8 Å². The van der Waals surface area contributed by atoms with E-state index in [9.17, 15) is 13.2 Å². The Hall–Kier alpha value is -1.60. The molecule has 1 aliphatic heterocycles. The molecule has 2 aliphatic rings. The van der Waals surface area contributed by atoms with E-state index in [1.54, 1.807) is 18.2 Å². The molecule has 2 aromatic carbocycles. The van der Waals surface area contributed by atoms with E-state index >= 15 is 0 Å². The molecule has 1 heterocycles. The summed E-state index contributed by atoms with van der Waals surface area (Å²) in [5.41, 5.74) is 1.36. The molecule has 2 fully saturated rings. The first kappa shape index (κ1) is 20.7. The Bertz CT molecular complexity index is 990. The van der Waals surface area contributed by atoms with Crippen molar-refractivity contribution in [3.63, 3.8) is 0 Å². The summed E-state index contributed by atoms with van der Waals surface area (Å²) in [6.07, 6.45) is 1.95. The van der Waals surface area contributed by atoms with Crippen LogP contribution in [0.15, 0.2) is 48.5 Å². The summed E-state index contributed by atoms with van der Waals surface area (Å²) in [7, 11) is -3.34. The molecule has 0 aromatic heterocycles. The van der Waals surface area contributed by atoms with Crippen LogP contribution in [-0.4, -0.2) is 43.5 Å². The lowest BCUT2D eigenvalue weighted by Crippen LogP contribution is -2.40. The minimum Gasteiger partial charge on any atom is -0.347 e. The maximum Gasteiger partial charge on any atom is 0.251 e. The number of rotatable bonds is 6. The van der Waals surface area contributed by atoms with Gasteiger partial charge in [-0.15, -0.1) is 0 Å². The van der Waals surface area contributed by atoms with Crippen LogP contribution in [0.2, 0.25) is 10.0 Å². The maximum absolute atomic E-state index is 12.8. The van der Waals surface area contributed by atoms with Crippen molar-refractivity contribution < 1.29 is 13.2 Å². The highest BCUT2D eigenvalue weighted by molar-refractivity contribution is 7.89. The lowest BCUT2D eigenvalue weighted by molar-refractivity contribution is 0.0936. The largest absolute Gasteiger partial charge is 0.347 e. The van der Waals surface area contributed by atoms with Crippen LogP contribution in [0.3, 0.4) is 0 Å². The monoisotopic (exact) mass is 452 g/mol. The number of sulfonamides is 1. The summed E-state index contributed by atoms with van der Waals surface area (Å²) in [5, 5.41) is 3.76. The Balaban J connectivity index is 1.57. The summed E-state index contributed by atoms with van der Waals surface area (Å²) in [6.45, 7) is 0.620. The van der Waals surface area contributed by atoms with Gasteiger partial charge in [0, 0.05) is 34.6 Å². The van der Waals surface area contributed by atoms with Gasteiger partial charge in [-0.1, -0.05) is 53.5 Å². The van der Waals surface area contributed by atoms with Crippen molar-refractivity contribution in [2.75, 3.05) is 18.8 Å². The molecule has 0 spiro atoms. The van der Waals surface area contributed by atoms with Crippen molar-refractivity contribution in [1.29, 1.82) is 0 Å². The second kappa shape index (κ2) is 8.26. The highest BCUT2D eigenvalue weighted by Crippen LogP contribution is 2.35. The summed E-state index contributed by atoms with van der Waals surface area (Å²) >= 11 is 12.0. The predicted molar refractivity (Wildman–Crippen MR) is 115 cm³/mol. The number of carbonyl (C=O) groups excluding carboxylic acids is 1. The Morgan fingerprint density at radius 2 is 1.69 bits per heavy atom. The normalized spacial score (nSPS) is 22.6. The van der Waals surface area contributed by atoms with Crippen LogP contribution >= 0.6 is 23.2 Å². The van der Waals surface area contributed by atoms with Crippen molar-refractivity contribution in [1.82, 2.24) is 9.62 Å². The van der Waals surface area contributed by atoms with Crippen molar-refractivity contribution in [3.05, 3.63) is 69.7 Å². The van der Waals surface area contributed by atoms with Gasteiger partial charge < -0.3 is 5.32 Å². The minimum absolute atomic E-state index is 0.121. The zero-order chi connectivity index (χ0) is 20.6. The minimum atomic E-state index is -3.34. The predicted octanol–water partition coefficient (Wildman–Crippen LogP) is 3.93. The zero-order valence-electron chi connectivity index (χ0n) is 15.7. The van der Waals surface area contributed by atoms with Crippen LogP contribution in [0.1, 0.15) is 34.7 Å². The van der Waals surface area contributed by atoms with Crippen molar-refractivity contribution >= 4 is 39.1 Å². The van der Waals surface area contributed by atoms with E-state index in [2.05, 4.69) is 5.32 Å². The van der Waals surface area contributed by atoms with Gasteiger partial charge in [-0.25, -0.2) is 8.42 Å². The summed E-state index contributed by atoms with van der Waals surface area (Å²) < 4.78 is 27.2. The van der Waals surface area contributed by atoms with Crippen LogP contribution in [-0.2, 0) is 10.0 Å². The highest BCUT2D eigenvalue weighted by atomic mass is 35.5. The van der Waals surface area contributed by atoms with Gasteiger partial charge in [0.1, 0.15) is 0 Å². The van der Waals surface area contributed by atoms with Crippen LogP contribution < -0.4 is 5.32 Å². The molecule has 0 bridgehead atoms. The number of hydrogen-bond donors (Lipinski definition) is 1. The van der Waals surface area contributed by atoms with Gasteiger partial charge in [-0.2, -0.15) is 4.31 Å². The molecule has 1 amide bonds. The van der Waals surface area contributed by atoms with E-state index in [1.165, 1.54) is 4.31 Å². The Labute approximate surface area is 181 Å². The van der Waals surface area contributed by atoms with E-state index in [1.807, 2.05) is 30.3 Å². The SMILES string of the molecule is O=C(N[C@H]1CN(S(=O)(=O)CC2CC2)C[C@@H]1c1ccccc1)c1cc(Cl)cc(Cl)c1. The van der Waals surface area contributed by atoms with Crippen LogP contribution in [0.5, 0.6) is 0 Å². The smallest absolute Gasteiger partial charge is 0.251 e. The van der Waals surface area contributed by atoms with E-state index in [0.717, 1.165) is 18.4 Å². The first-order valence-corrected chi connectivity index (χ1v) is 12.0. The summed E-state index contributed by atoms with van der Waals surface area (Å²) in [4.78, 5) is 12.8. The van der Waals surface area contributed by atoms with Gasteiger partial charge >= 0.3 is 0 Å². The number of halogens is 2. The fourth-order valence-electron chi connectivity index (χ4n) is 3.80. The molecule has 2 atom stereocenters. The molecule has 29 heavy (non-hydrogen) atoms. The van der Waals surface area contributed by atoms with Gasteiger partial charge in [-0.3, -0.25) is 4.79 Å². The molecule has 5 nitrogen and oxygen atoms in total. The van der Waals surface area contributed by atoms with E-state index in [0.29, 0.717) is 22.2 Å². The lowest BCUT2D eigenvalue weighted by atomic mass is 9.94. The fourth-order valence-corrected chi connectivity index (χ4v) is 6.24. The molecule has 1 aliphatic carbocycles. The Kier molecular flexibility index (Phi) is 5.89. The Morgan fingerprint density at radius 3 is 2.31 bits per heavy atom. The Morgan fingerprint density at radius 1 is 1.03 bits per heavy atom. The van der Waals surface area contributed by atoms with E-state index in [4.69, 9.17) is 23.2 Å². The number of nitrogens with zero attached hydrogens (tertiary/aromatic N) is 1. The molecular formula is C21H22Cl2N2O3S. The average molecular weight is 453 g/mol. The first-order valence-electron chi connectivity index (χ1n) is 9.61. The molecule has 1 saturated heterocycles. The number of hydrogen-bond acceptors (Lipinski definition) is 3. The third-order valence-electron chi connectivity index (χ3n) is 5.49. The molecule has 0 radical (unpaired) electrons. The second-order valence-electron chi connectivity index (χ2n) is 7.79. The van der Waals surface area contributed by atoms with Gasteiger partial charge in [0.05, 0.1) is 11.8 Å². The van der Waals surface area contributed by atoms with Crippen LogP contribution in [0.25, 0.3) is 0 Å². The standard InChI is InChI=1S/C21H22Cl2N2O3S/c22-17-8-16(9-18(23)10-17)21(26)24-20-12-25(29(27,28)13-14-6-7-14)11-19(20)15-4-2-1-3-5-15/h1-5,8-10,14,19-20H,6-7,11-13H2,(H,24,26)/t19-,20+/m1/s1. The topological polar surface area (TPSA) is 66.5 Å². The first-order chi connectivity index (χ1) is 13.8. The molecule has 154 valence electrons. The molecule has 1 N–H and O–H groups in total. The number of nitrogens with one attached hydrogen (secondary N) is 1. The zero-order valence-corrected chi connectivity index (χ0v) is 18.1. The lowest BCUT2D eigenvalue weighted by Gasteiger charge is -2.20. The van der Waals surface area contributed by atoms with Gasteiger partial charge in [0.25, 0.3) is 5.91 Å². The van der Waals surface area contributed by atoms with Crippen LogP contribution in [0, 0.1) is 5.92 Å². The maximum atomic E-state index is 12.8. The fraction of sp³-hybridized carbons (Fsp3) is 0.381. The third kappa shape index (κ3) is 4.94. The number of carbonyl (C=O) groups is 1. The second-order valence-corrected chi connectivity index (χ2v) is 10.7. The van der Waals surface area contributed by atoms with Crippen molar-refractivity contribution in [2.24, 2.45) is 5.92 Å². The van der Waals surface area contributed by atoms with Gasteiger partial charge in [0.2, 0.25) is 10.0 Å².